The van der Waals surface area contributed by atoms with Gasteiger partial charge in [-0.25, -0.2) is 9.97 Å². The molecule has 0 saturated heterocycles. The van der Waals surface area contributed by atoms with E-state index in [1.54, 1.807) is 6.33 Å². The SMILES string of the molecule is CCCNc1cc(NCC(C)CSC)ncn1. The maximum atomic E-state index is 4.21. The van der Waals surface area contributed by atoms with Crippen molar-refractivity contribution in [2.24, 2.45) is 5.92 Å². The molecule has 0 bridgehead atoms. The molecule has 4 nitrogen and oxygen atoms in total. The van der Waals surface area contributed by atoms with Gasteiger partial charge in [-0.1, -0.05) is 13.8 Å². The van der Waals surface area contributed by atoms with E-state index in [4.69, 9.17) is 0 Å². The number of rotatable bonds is 8. The van der Waals surface area contributed by atoms with Crippen molar-refractivity contribution >= 4 is 23.4 Å². The molecular formula is C12H22N4S. The van der Waals surface area contributed by atoms with Gasteiger partial charge in [0.25, 0.3) is 0 Å². The minimum atomic E-state index is 0.645. The van der Waals surface area contributed by atoms with Crippen molar-refractivity contribution < 1.29 is 0 Å². The minimum Gasteiger partial charge on any atom is -0.370 e. The Morgan fingerprint density at radius 2 is 2.00 bits per heavy atom. The second kappa shape index (κ2) is 8.17. The third kappa shape index (κ3) is 5.77. The van der Waals surface area contributed by atoms with Crippen LogP contribution in [-0.2, 0) is 0 Å². The lowest BCUT2D eigenvalue weighted by Crippen LogP contribution is -2.14. The van der Waals surface area contributed by atoms with Gasteiger partial charge in [0.15, 0.2) is 0 Å². The van der Waals surface area contributed by atoms with Gasteiger partial charge in [0.1, 0.15) is 18.0 Å². The predicted octanol–water partition coefficient (Wildman–Crippen LogP) is 2.71. The highest BCUT2D eigenvalue weighted by Gasteiger charge is 2.02. The number of nitrogens with one attached hydrogen (secondary N) is 2. The van der Waals surface area contributed by atoms with Gasteiger partial charge in [-0.3, -0.25) is 0 Å². The Bertz CT molecular complexity index is 319. The largest absolute Gasteiger partial charge is 0.370 e. The van der Waals surface area contributed by atoms with Gasteiger partial charge in [-0.05, 0) is 24.3 Å². The van der Waals surface area contributed by atoms with Crippen LogP contribution in [0.2, 0.25) is 0 Å². The molecule has 0 aliphatic rings. The lowest BCUT2D eigenvalue weighted by Gasteiger charge is -2.12. The third-order valence-corrected chi connectivity index (χ3v) is 3.21. The quantitative estimate of drug-likeness (QED) is 0.747. The molecule has 1 unspecified atom stereocenters. The first-order valence-corrected chi connectivity index (χ1v) is 7.44. The van der Waals surface area contributed by atoms with E-state index in [2.05, 4.69) is 40.7 Å². The second-order valence-corrected chi connectivity index (χ2v) is 5.07. The van der Waals surface area contributed by atoms with Crippen LogP contribution in [0.15, 0.2) is 12.4 Å². The van der Waals surface area contributed by atoms with E-state index >= 15 is 0 Å². The van der Waals surface area contributed by atoms with Crippen LogP contribution in [0.4, 0.5) is 11.6 Å². The standard InChI is InChI=1S/C12H22N4S/c1-4-5-13-11-6-12(16-9-15-11)14-7-10(2)8-17-3/h6,9-10H,4-5,7-8H2,1-3H3,(H2,13,14,15,16). The summed E-state index contributed by atoms with van der Waals surface area (Å²) in [6, 6.07) is 1.96. The number of thioether (sulfide) groups is 1. The first-order valence-electron chi connectivity index (χ1n) is 6.05. The Hall–Kier alpha value is -0.970. The van der Waals surface area contributed by atoms with Crippen LogP contribution in [0.3, 0.4) is 0 Å². The first kappa shape index (κ1) is 14.1. The van der Waals surface area contributed by atoms with Gasteiger partial charge in [0.05, 0.1) is 0 Å². The maximum absolute atomic E-state index is 4.21. The summed E-state index contributed by atoms with van der Waals surface area (Å²) in [5.74, 6) is 3.60. The zero-order valence-corrected chi connectivity index (χ0v) is 11.7. The summed E-state index contributed by atoms with van der Waals surface area (Å²) in [5, 5.41) is 6.59. The van der Waals surface area contributed by atoms with Crippen molar-refractivity contribution in [3.63, 3.8) is 0 Å². The van der Waals surface area contributed by atoms with Gasteiger partial charge in [0.2, 0.25) is 0 Å². The van der Waals surface area contributed by atoms with E-state index in [0.29, 0.717) is 5.92 Å². The zero-order valence-electron chi connectivity index (χ0n) is 10.9. The van der Waals surface area contributed by atoms with Crippen LogP contribution in [0, 0.1) is 5.92 Å². The molecule has 0 radical (unpaired) electrons. The number of nitrogens with zero attached hydrogens (tertiary/aromatic N) is 2. The molecule has 0 aliphatic heterocycles. The molecule has 0 aliphatic carbocycles. The summed E-state index contributed by atoms with van der Waals surface area (Å²) < 4.78 is 0. The molecule has 2 N–H and O–H groups in total. The maximum Gasteiger partial charge on any atom is 0.131 e. The van der Waals surface area contributed by atoms with Crippen molar-refractivity contribution in [3.8, 4) is 0 Å². The monoisotopic (exact) mass is 254 g/mol. The van der Waals surface area contributed by atoms with Crippen molar-refractivity contribution in [1.29, 1.82) is 0 Å². The Morgan fingerprint density at radius 3 is 2.65 bits per heavy atom. The second-order valence-electron chi connectivity index (χ2n) is 4.16. The molecule has 1 rings (SSSR count). The van der Waals surface area contributed by atoms with Crippen LogP contribution in [0.25, 0.3) is 0 Å². The minimum absolute atomic E-state index is 0.645. The number of hydrogen-bond donors (Lipinski definition) is 2. The molecule has 1 atom stereocenters. The average molecular weight is 254 g/mol. The van der Waals surface area contributed by atoms with Crippen molar-refractivity contribution in [1.82, 2.24) is 9.97 Å². The molecule has 5 heteroatoms. The van der Waals surface area contributed by atoms with E-state index in [1.807, 2.05) is 17.8 Å². The Morgan fingerprint density at radius 1 is 1.29 bits per heavy atom. The first-order chi connectivity index (χ1) is 8.26. The highest BCUT2D eigenvalue weighted by atomic mass is 32.2. The fourth-order valence-electron chi connectivity index (χ4n) is 1.43. The number of aromatic nitrogens is 2. The van der Waals surface area contributed by atoms with E-state index in [-0.39, 0.29) is 0 Å². The van der Waals surface area contributed by atoms with Gasteiger partial charge < -0.3 is 10.6 Å². The molecule has 96 valence electrons. The molecule has 0 aromatic carbocycles. The van der Waals surface area contributed by atoms with Crippen molar-refractivity contribution in [2.45, 2.75) is 20.3 Å². The molecule has 0 spiro atoms. The summed E-state index contributed by atoms with van der Waals surface area (Å²) >= 11 is 1.87. The predicted molar refractivity (Wildman–Crippen MR) is 76.8 cm³/mol. The van der Waals surface area contributed by atoms with Crippen molar-refractivity contribution in [3.05, 3.63) is 12.4 Å². The Labute approximate surface area is 108 Å². The lowest BCUT2D eigenvalue weighted by atomic mass is 10.2. The van der Waals surface area contributed by atoms with Gasteiger partial charge in [-0.15, -0.1) is 0 Å². The Balaban J connectivity index is 2.42. The summed E-state index contributed by atoms with van der Waals surface area (Å²) in [6.45, 7) is 6.27. The molecule has 1 aromatic heterocycles. The van der Waals surface area contributed by atoms with Crippen LogP contribution >= 0.6 is 11.8 Å². The normalized spacial score (nSPS) is 12.2. The van der Waals surface area contributed by atoms with Crippen LogP contribution in [0.5, 0.6) is 0 Å². The van der Waals surface area contributed by atoms with E-state index < -0.39 is 0 Å². The Kier molecular flexibility index (Phi) is 6.77. The third-order valence-electron chi connectivity index (χ3n) is 2.31. The smallest absolute Gasteiger partial charge is 0.131 e. The fourth-order valence-corrected chi connectivity index (χ4v) is 2.11. The fraction of sp³-hybridized carbons (Fsp3) is 0.667. The van der Waals surface area contributed by atoms with Crippen LogP contribution in [-0.4, -0.2) is 35.1 Å². The highest BCUT2D eigenvalue weighted by molar-refractivity contribution is 7.98. The number of hydrogen-bond acceptors (Lipinski definition) is 5. The summed E-state index contributed by atoms with van der Waals surface area (Å²) in [6.07, 6.45) is 4.82. The summed E-state index contributed by atoms with van der Waals surface area (Å²) in [4.78, 5) is 8.38. The van der Waals surface area contributed by atoms with E-state index in [1.165, 1.54) is 5.75 Å². The number of anilines is 2. The van der Waals surface area contributed by atoms with Crippen molar-refractivity contribution in [2.75, 3.05) is 35.7 Å². The molecule has 0 amide bonds. The van der Waals surface area contributed by atoms with Gasteiger partial charge >= 0.3 is 0 Å². The highest BCUT2D eigenvalue weighted by Crippen LogP contribution is 2.10. The topological polar surface area (TPSA) is 49.8 Å². The van der Waals surface area contributed by atoms with E-state index in [9.17, 15) is 0 Å². The molecule has 17 heavy (non-hydrogen) atoms. The van der Waals surface area contributed by atoms with Gasteiger partial charge in [-0.2, -0.15) is 11.8 Å². The molecule has 0 saturated carbocycles. The lowest BCUT2D eigenvalue weighted by molar-refractivity contribution is 0.699. The van der Waals surface area contributed by atoms with Gasteiger partial charge in [0, 0.05) is 19.2 Å². The molecule has 1 aromatic rings. The van der Waals surface area contributed by atoms with Crippen LogP contribution in [0.1, 0.15) is 20.3 Å². The van der Waals surface area contributed by atoms with E-state index in [0.717, 1.165) is 31.1 Å². The molecule has 0 fully saturated rings. The van der Waals surface area contributed by atoms with Crippen LogP contribution < -0.4 is 10.6 Å². The summed E-state index contributed by atoms with van der Waals surface area (Å²) in [7, 11) is 0. The summed E-state index contributed by atoms with van der Waals surface area (Å²) in [5.41, 5.74) is 0. The molecular weight excluding hydrogens is 232 g/mol. The molecule has 1 heterocycles. The average Bonchev–Trinajstić information content (AvgIpc) is 2.35. The zero-order chi connectivity index (χ0) is 12.5.